The zero-order valence-corrected chi connectivity index (χ0v) is 13.7. The molecule has 92 valence electrons. The van der Waals surface area contributed by atoms with Crippen LogP contribution in [0.4, 0.5) is 5.69 Å². The molecule has 18 heavy (non-hydrogen) atoms. The normalized spacial score (nSPS) is 18.1. The molecule has 5 heteroatoms. The van der Waals surface area contributed by atoms with Gasteiger partial charge in [-0.2, -0.15) is 0 Å². The van der Waals surface area contributed by atoms with Crippen molar-refractivity contribution in [1.82, 2.24) is 0 Å². The van der Waals surface area contributed by atoms with Crippen molar-refractivity contribution in [2.75, 3.05) is 0 Å². The van der Waals surface area contributed by atoms with Crippen molar-refractivity contribution in [3.8, 4) is 0 Å². The average molecular weight is 412 g/mol. The summed E-state index contributed by atoms with van der Waals surface area (Å²) < 4.78 is 1.84. The standard InChI is InChI=1S/C13H8Cl3NTe/c14-10-7-5-9(6-8-10)13-17-11-3-1-2-4-12(11)18(13,15)16/h1-8H. The minimum atomic E-state index is -3.28. The minimum absolute atomic E-state index is 0.692. The topological polar surface area (TPSA) is 12.4 Å². The van der Waals surface area contributed by atoms with Crippen molar-refractivity contribution in [2.45, 2.75) is 0 Å². The maximum absolute atomic E-state index is 6.63. The van der Waals surface area contributed by atoms with Crippen LogP contribution in [0.25, 0.3) is 0 Å². The van der Waals surface area contributed by atoms with Crippen molar-refractivity contribution < 1.29 is 0 Å². The molecule has 1 aliphatic rings. The fourth-order valence-electron chi connectivity index (χ4n) is 1.84. The van der Waals surface area contributed by atoms with E-state index in [0.717, 1.165) is 18.6 Å². The summed E-state index contributed by atoms with van der Waals surface area (Å²) in [7, 11) is 13.3. The molecule has 0 aromatic heterocycles. The Labute approximate surface area is 122 Å². The van der Waals surface area contributed by atoms with E-state index >= 15 is 0 Å². The zero-order chi connectivity index (χ0) is 12.8. The monoisotopic (exact) mass is 413 g/mol. The number of hydrogen-bond donors (Lipinski definition) is 0. The summed E-state index contributed by atoms with van der Waals surface area (Å²) in [5, 5.41) is 0.692. The van der Waals surface area contributed by atoms with Crippen LogP contribution in [0.1, 0.15) is 5.56 Å². The first kappa shape index (κ1) is 12.8. The summed E-state index contributed by atoms with van der Waals surface area (Å²) >= 11 is 2.61. The van der Waals surface area contributed by atoms with Crippen LogP contribution in [0.15, 0.2) is 53.5 Å². The molecule has 0 N–H and O–H groups in total. The second-order valence-electron chi connectivity index (χ2n) is 3.86. The van der Waals surface area contributed by atoms with E-state index in [2.05, 4.69) is 4.99 Å². The number of halogens is 3. The van der Waals surface area contributed by atoms with Crippen molar-refractivity contribution in [2.24, 2.45) is 4.99 Å². The van der Waals surface area contributed by atoms with Crippen LogP contribution < -0.4 is 3.61 Å². The number of benzene rings is 2. The van der Waals surface area contributed by atoms with Gasteiger partial charge >= 0.3 is 123 Å². The van der Waals surface area contributed by atoms with Crippen molar-refractivity contribution in [3.63, 3.8) is 0 Å². The Hall–Kier alpha value is -0.230. The molecule has 1 nitrogen and oxygen atoms in total. The van der Waals surface area contributed by atoms with Gasteiger partial charge in [0.05, 0.1) is 0 Å². The van der Waals surface area contributed by atoms with Gasteiger partial charge in [0.2, 0.25) is 0 Å². The van der Waals surface area contributed by atoms with E-state index in [1.807, 2.05) is 48.5 Å². The molecule has 1 heterocycles. The van der Waals surface area contributed by atoms with Crippen LogP contribution in [0.5, 0.6) is 0 Å². The molecule has 0 fully saturated rings. The van der Waals surface area contributed by atoms with Crippen LogP contribution in [-0.4, -0.2) is 19.7 Å². The second kappa shape index (κ2) is 4.71. The molecule has 2 aromatic rings. The van der Waals surface area contributed by atoms with Crippen LogP contribution >= 0.6 is 29.5 Å². The maximum atomic E-state index is 6.63. The zero-order valence-electron chi connectivity index (χ0n) is 9.11. The fraction of sp³-hybridized carbons (Fsp3) is 0. The average Bonchev–Trinajstić information content (AvgIpc) is 2.63. The van der Waals surface area contributed by atoms with Gasteiger partial charge in [0.15, 0.2) is 0 Å². The van der Waals surface area contributed by atoms with Crippen molar-refractivity contribution in [3.05, 3.63) is 59.1 Å². The van der Waals surface area contributed by atoms with Crippen LogP contribution in [-0.2, 0) is 0 Å². The summed E-state index contributed by atoms with van der Waals surface area (Å²) in [4.78, 5) is 4.60. The first-order chi connectivity index (χ1) is 8.59. The number of aliphatic imine (C=N–C) groups is 1. The predicted octanol–water partition coefficient (Wildman–Crippen LogP) is 4.14. The van der Waals surface area contributed by atoms with Gasteiger partial charge < -0.3 is 0 Å². The molecule has 1 aliphatic heterocycles. The van der Waals surface area contributed by atoms with E-state index in [4.69, 9.17) is 29.5 Å². The van der Waals surface area contributed by atoms with Gasteiger partial charge in [0.1, 0.15) is 0 Å². The number of para-hydroxylation sites is 1. The summed E-state index contributed by atoms with van der Waals surface area (Å²) in [6.45, 7) is 0. The van der Waals surface area contributed by atoms with Gasteiger partial charge in [0.25, 0.3) is 0 Å². The molecule has 0 spiro atoms. The molecule has 0 amide bonds. The quantitative estimate of drug-likeness (QED) is 0.625. The SMILES string of the molecule is Clc1ccc(C2=Nc3ccccc3[Te]2(Cl)Cl)cc1. The van der Waals surface area contributed by atoms with E-state index in [1.165, 1.54) is 0 Å². The first-order valence-corrected chi connectivity index (χ1v) is 13.9. The third kappa shape index (κ3) is 2.07. The third-order valence-electron chi connectivity index (χ3n) is 2.70. The summed E-state index contributed by atoms with van der Waals surface area (Å²) in [6, 6.07) is 15.3. The molecule has 0 bridgehead atoms. The molecule has 0 radical (unpaired) electrons. The van der Waals surface area contributed by atoms with Gasteiger partial charge in [-0.15, -0.1) is 0 Å². The molecule has 0 atom stereocenters. The molecule has 0 unspecified atom stereocenters. The van der Waals surface area contributed by atoms with Crippen molar-refractivity contribution >= 4 is 58.5 Å². The number of rotatable bonds is 1. The van der Waals surface area contributed by atoms with E-state index in [1.54, 1.807) is 0 Å². The Morgan fingerprint density at radius 1 is 0.889 bits per heavy atom. The Morgan fingerprint density at radius 3 is 2.22 bits per heavy atom. The number of hydrogen-bond acceptors (Lipinski definition) is 1. The molecule has 0 saturated heterocycles. The number of fused-ring (bicyclic) bond motifs is 1. The van der Waals surface area contributed by atoms with E-state index < -0.39 is 15.9 Å². The Morgan fingerprint density at radius 2 is 1.56 bits per heavy atom. The predicted molar refractivity (Wildman–Crippen MR) is 81.2 cm³/mol. The molecule has 2 aromatic carbocycles. The molecule has 0 aliphatic carbocycles. The molecule has 3 rings (SSSR count). The van der Waals surface area contributed by atoms with E-state index in [-0.39, 0.29) is 0 Å². The summed E-state index contributed by atoms with van der Waals surface area (Å²) in [5.74, 6) is 0. The van der Waals surface area contributed by atoms with Gasteiger partial charge in [-0.25, -0.2) is 0 Å². The third-order valence-corrected chi connectivity index (χ3v) is 12.0. The van der Waals surface area contributed by atoms with Crippen molar-refractivity contribution in [1.29, 1.82) is 0 Å². The molecular weight excluding hydrogens is 404 g/mol. The van der Waals surface area contributed by atoms with Crippen LogP contribution in [0, 0.1) is 0 Å². The van der Waals surface area contributed by atoms with Gasteiger partial charge in [0, 0.05) is 0 Å². The Bertz CT molecular complexity index is 635. The van der Waals surface area contributed by atoms with Gasteiger partial charge in [-0.1, -0.05) is 0 Å². The molecule has 0 saturated carbocycles. The molecular formula is C13H8Cl3NTe. The van der Waals surface area contributed by atoms with E-state index in [9.17, 15) is 0 Å². The van der Waals surface area contributed by atoms with Crippen LogP contribution in [0.3, 0.4) is 0 Å². The Balaban J connectivity index is 2.13. The Kier molecular flexibility index (Phi) is 3.34. The fourth-order valence-corrected chi connectivity index (χ4v) is 9.60. The number of nitrogens with zero attached hydrogens (tertiary/aromatic N) is 1. The van der Waals surface area contributed by atoms with Crippen LogP contribution in [0.2, 0.25) is 5.02 Å². The summed E-state index contributed by atoms with van der Waals surface area (Å²) in [5.41, 5.74) is 1.86. The van der Waals surface area contributed by atoms with Gasteiger partial charge in [-0.3, -0.25) is 0 Å². The van der Waals surface area contributed by atoms with E-state index in [0.29, 0.717) is 5.02 Å². The summed E-state index contributed by atoms with van der Waals surface area (Å²) in [6.07, 6.45) is 0. The second-order valence-corrected chi connectivity index (χ2v) is 16.6. The first-order valence-electron chi connectivity index (χ1n) is 5.25. The van der Waals surface area contributed by atoms with Gasteiger partial charge in [-0.05, 0) is 0 Å².